The third kappa shape index (κ3) is 3.71. The van der Waals surface area contributed by atoms with Gasteiger partial charge in [-0.15, -0.1) is 0 Å². The smallest absolute Gasteiger partial charge is 0.251 e. The van der Waals surface area contributed by atoms with E-state index in [0.29, 0.717) is 19.5 Å². The Morgan fingerprint density at radius 2 is 2.29 bits per heavy atom. The van der Waals surface area contributed by atoms with Crippen molar-refractivity contribution in [3.05, 3.63) is 34.7 Å². The highest BCUT2D eigenvalue weighted by Crippen LogP contribution is 2.11. The third-order valence-corrected chi connectivity index (χ3v) is 2.50. The predicted molar refractivity (Wildman–Crippen MR) is 66.7 cm³/mol. The Labute approximate surface area is 101 Å². The lowest BCUT2D eigenvalue weighted by atomic mass is 10.1. The van der Waals surface area contributed by atoms with Crippen LogP contribution in [0.5, 0.6) is 0 Å². The standard InChI is InChI=1S/C12H19N3O2/c1-2-5-10(12(17)14-8-7-13)15-9-4-3-6-11(15)16/h3-4,6,9-10H,2,5,7-8,13H2,1H3,(H,14,17). The lowest BCUT2D eigenvalue weighted by Crippen LogP contribution is -2.38. The Bertz CT molecular complexity index is 414. The van der Waals surface area contributed by atoms with Crippen LogP contribution in [-0.4, -0.2) is 23.6 Å². The summed E-state index contributed by atoms with van der Waals surface area (Å²) in [5.41, 5.74) is 5.18. The summed E-state index contributed by atoms with van der Waals surface area (Å²) in [6, 6.07) is 4.43. The Morgan fingerprint density at radius 3 is 2.88 bits per heavy atom. The zero-order chi connectivity index (χ0) is 12.7. The molecule has 0 saturated carbocycles. The maximum atomic E-state index is 11.9. The van der Waals surface area contributed by atoms with Crippen LogP contribution in [0.4, 0.5) is 0 Å². The maximum Gasteiger partial charge on any atom is 0.251 e. The minimum absolute atomic E-state index is 0.148. The molecule has 1 unspecified atom stereocenters. The number of rotatable bonds is 6. The average Bonchev–Trinajstić information content (AvgIpc) is 2.34. The van der Waals surface area contributed by atoms with Gasteiger partial charge in [0.2, 0.25) is 5.91 Å². The van der Waals surface area contributed by atoms with E-state index in [4.69, 9.17) is 5.73 Å². The Hall–Kier alpha value is -1.62. The van der Waals surface area contributed by atoms with Crippen LogP contribution in [-0.2, 0) is 4.79 Å². The third-order valence-electron chi connectivity index (χ3n) is 2.50. The molecule has 1 heterocycles. The summed E-state index contributed by atoms with van der Waals surface area (Å²) in [6.45, 7) is 2.81. The molecule has 1 aromatic heterocycles. The van der Waals surface area contributed by atoms with Crippen LogP contribution in [0.2, 0.25) is 0 Å². The topological polar surface area (TPSA) is 77.1 Å². The van der Waals surface area contributed by atoms with Gasteiger partial charge in [0.1, 0.15) is 6.04 Å². The van der Waals surface area contributed by atoms with E-state index in [1.807, 2.05) is 6.92 Å². The summed E-state index contributed by atoms with van der Waals surface area (Å²) in [5, 5.41) is 2.72. The summed E-state index contributed by atoms with van der Waals surface area (Å²) in [5.74, 6) is -0.148. The zero-order valence-corrected chi connectivity index (χ0v) is 10.1. The molecule has 1 rings (SSSR count). The van der Waals surface area contributed by atoms with Gasteiger partial charge in [-0.05, 0) is 12.5 Å². The first-order chi connectivity index (χ1) is 8.20. The highest BCUT2D eigenvalue weighted by molar-refractivity contribution is 5.80. The van der Waals surface area contributed by atoms with Gasteiger partial charge in [-0.25, -0.2) is 0 Å². The van der Waals surface area contributed by atoms with Crippen molar-refractivity contribution in [2.45, 2.75) is 25.8 Å². The van der Waals surface area contributed by atoms with E-state index in [1.54, 1.807) is 18.3 Å². The number of carbonyl (C=O) groups is 1. The Balaban J connectivity index is 2.89. The molecule has 17 heavy (non-hydrogen) atoms. The van der Waals surface area contributed by atoms with E-state index < -0.39 is 6.04 Å². The zero-order valence-electron chi connectivity index (χ0n) is 10.1. The first-order valence-corrected chi connectivity index (χ1v) is 5.85. The molecule has 0 aliphatic rings. The van der Waals surface area contributed by atoms with Crippen LogP contribution >= 0.6 is 0 Å². The molecule has 94 valence electrons. The van der Waals surface area contributed by atoms with Crippen LogP contribution in [0.15, 0.2) is 29.2 Å². The molecule has 1 aromatic rings. The second-order valence-corrected chi connectivity index (χ2v) is 3.83. The number of hydrogen-bond acceptors (Lipinski definition) is 3. The summed E-state index contributed by atoms with van der Waals surface area (Å²) >= 11 is 0. The van der Waals surface area contributed by atoms with Crippen molar-refractivity contribution in [2.75, 3.05) is 13.1 Å². The van der Waals surface area contributed by atoms with Crippen LogP contribution in [0.25, 0.3) is 0 Å². The van der Waals surface area contributed by atoms with E-state index in [1.165, 1.54) is 10.6 Å². The van der Waals surface area contributed by atoms with Gasteiger partial charge in [-0.2, -0.15) is 0 Å². The van der Waals surface area contributed by atoms with Crippen molar-refractivity contribution in [2.24, 2.45) is 5.73 Å². The first kappa shape index (κ1) is 13.4. The molecule has 5 nitrogen and oxygen atoms in total. The van der Waals surface area contributed by atoms with Crippen LogP contribution in [0.3, 0.4) is 0 Å². The summed E-state index contributed by atoms with van der Waals surface area (Å²) in [7, 11) is 0. The molecule has 0 spiro atoms. The Morgan fingerprint density at radius 1 is 1.53 bits per heavy atom. The molecule has 0 bridgehead atoms. The van der Waals surface area contributed by atoms with Crippen molar-refractivity contribution in [3.8, 4) is 0 Å². The molecule has 0 aliphatic heterocycles. The molecular formula is C12H19N3O2. The van der Waals surface area contributed by atoms with Gasteiger partial charge in [0.05, 0.1) is 0 Å². The normalized spacial score (nSPS) is 12.1. The molecule has 0 fully saturated rings. The molecule has 0 aromatic carbocycles. The molecule has 0 saturated heterocycles. The van der Waals surface area contributed by atoms with E-state index in [0.717, 1.165) is 6.42 Å². The lowest BCUT2D eigenvalue weighted by molar-refractivity contribution is -0.124. The largest absolute Gasteiger partial charge is 0.353 e. The fourth-order valence-corrected chi connectivity index (χ4v) is 1.68. The number of nitrogens with one attached hydrogen (secondary N) is 1. The molecule has 1 amide bonds. The van der Waals surface area contributed by atoms with Crippen molar-refractivity contribution in [3.63, 3.8) is 0 Å². The predicted octanol–water partition coefficient (Wildman–Crippen LogP) is 0.264. The number of carbonyl (C=O) groups excluding carboxylic acids is 1. The van der Waals surface area contributed by atoms with Gasteiger partial charge in [0.15, 0.2) is 0 Å². The van der Waals surface area contributed by atoms with Gasteiger partial charge in [-0.1, -0.05) is 19.4 Å². The van der Waals surface area contributed by atoms with Gasteiger partial charge in [0, 0.05) is 25.4 Å². The maximum absolute atomic E-state index is 11.9. The summed E-state index contributed by atoms with van der Waals surface area (Å²) < 4.78 is 1.47. The highest BCUT2D eigenvalue weighted by atomic mass is 16.2. The first-order valence-electron chi connectivity index (χ1n) is 5.85. The average molecular weight is 237 g/mol. The van der Waals surface area contributed by atoms with E-state index >= 15 is 0 Å². The summed E-state index contributed by atoms with van der Waals surface area (Å²) in [4.78, 5) is 23.6. The van der Waals surface area contributed by atoms with Gasteiger partial charge in [0.25, 0.3) is 5.56 Å². The number of aromatic nitrogens is 1. The fraction of sp³-hybridized carbons (Fsp3) is 0.500. The van der Waals surface area contributed by atoms with Gasteiger partial charge >= 0.3 is 0 Å². The molecular weight excluding hydrogens is 218 g/mol. The lowest BCUT2D eigenvalue weighted by Gasteiger charge is -2.18. The molecule has 3 N–H and O–H groups in total. The van der Waals surface area contributed by atoms with Crippen molar-refractivity contribution >= 4 is 5.91 Å². The van der Waals surface area contributed by atoms with E-state index in [-0.39, 0.29) is 11.5 Å². The van der Waals surface area contributed by atoms with Crippen molar-refractivity contribution in [1.29, 1.82) is 0 Å². The monoisotopic (exact) mass is 237 g/mol. The Kier molecular flexibility index (Phi) is 5.42. The van der Waals surface area contributed by atoms with Crippen LogP contribution < -0.4 is 16.6 Å². The van der Waals surface area contributed by atoms with Crippen LogP contribution in [0, 0.1) is 0 Å². The van der Waals surface area contributed by atoms with Gasteiger partial charge < -0.3 is 15.6 Å². The minimum Gasteiger partial charge on any atom is -0.353 e. The molecule has 1 atom stereocenters. The quantitative estimate of drug-likeness (QED) is 0.745. The number of nitrogens with two attached hydrogens (primary N) is 1. The summed E-state index contributed by atoms with van der Waals surface area (Å²) in [6.07, 6.45) is 3.12. The fourth-order valence-electron chi connectivity index (χ4n) is 1.68. The minimum atomic E-state index is -0.444. The molecule has 0 aliphatic carbocycles. The number of pyridine rings is 1. The van der Waals surface area contributed by atoms with Crippen molar-refractivity contribution in [1.82, 2.24) is 9.88 Å². The van der Waals surface area contributed by atoms with Gasteiger partial charge in [-0.3, -0.25) is 9.59 Å². The number of amides is 1. The van der Waals surface area contributed by atoms with Crippen LogP contribution in [0.1, 0.15) is 25.8 Å². The number of nitrogens with zero attached hydrogens (tertiary/aromatic N) is 1. The second-order valence-electron chi connectivity index (χ2n) is 3.83. The van der Waals surface area contributed by atoms with E-state index in [9.17, 15) is 9.59 Å². The second kappa shape index (κ2) is 6.85. The van der Waals surface area contributed by atoms with Crippen molar-refractivity contribution < 1.29 is 4.79 Å². The molecule has 0 radical (unpaired) electrons. The SMILES string of the molecule is CCCC(C(=O)NCCN)n1ccccc1=O. The molecule has 5 heteroatoms. The van der Waals surface area contributed by atoms with E-state index in [2.05, 4.69) is 5.32 Å². The number of hydrogen-bond donors (Lipinski definition) is 2. The highest BCUT2D eigenvalue weighted by Gasteiger charge is 2.19.